The number of halogens is 1. The van der Waals surface area contributed by atoms with Crippen molar-refractivity contribution in [3.05, 3.63) is 59.1 Å². The van der Waals surface area contributed by atoms with Crippen molar-refractivity contribution in [3.8, 4) is 11.8 Å². The van der Waals surface area contributed by atoms with Gasteiger partial charge in [-0.3, -0.25) is 15.2 Å². The molecule has 0 aliphatic heterocycles. The minimum atomic E-state index is -4.03. The number of para-hydroxylation sites is 1. The molecular formula is C17H16ClN3O3S. The Morgan fingerprint density at radius 2 is 1.92 bits per heavy atom. The second-order valence-corrected chi connectivity index (χ2v) is 6.92. The first-order valence-electron chi connectivity index (χ1n) is 7.18. The van der Waals surface area contributed by atoms with E-state index in [-0.39, 0.29) is 22.0 Å². The molecule has 2 aromatic carbocycles. The number of amides is 1. The third kappa shape index (κ3) is 4.97. The fraction of sp³-hybridized carbons (Fsp3) is 0.118. The molecular weight excluding hydrogens is 362 g/mol. The highest BCUT2D eigenvalue weighted by atomic mass is 35.5. The highest BCUT2D eigenvalue weighted by Crippen LogP contribution is 2.21. The summed E-state index contributed by atoms with van der Waals surface area (Å²) in [5.74, 6) is 5.12. The molecule has 0 spiro atoms. The molecule has 0 unspecified atom stereocenters. The fourth-order valence-corrected chi connectivity index (χ4v) is 3.08. The Balaban J connectivity index is 2.31. The second-order valence-electron chi connectivity index (χ2n) is 4.98. The van der Waals surface area contributed by atoms with Gasteiger partial charge in [0.1, 0.15) is 11.4 Å². The van der Waals surface area contributed by atoms with Gasteiger partial charge < -0.3 is 0 Å². The summed E-state index contributed by atoms with van der Waals surface area (Å²) in [4.78, 5) is 12.2. The smallest absolute Gasteiger partial charge is 0.269 e. The molecule has 0 atom stereocenters. The van der Waals surface area contributed by atoms with Gasteiger partial charge in [0.15, 0.2) is 0 Å². The van der Waals surface area contributed by atoms with Crippen molar-refractivity contribution in [1.29, 1.82) is 0 Å². The maximum atomic E-state index is 12.5. The van der Waals surface area contributed by atoms with Gasteiger partial charge in [-0.05, 0) is 37.3 Å². The molecule has 8 heteroatoms. The van der Waals surface area contributed by atoms with Crippen molar-refractivity contribution in [1.82, 2.24) is 5.43 Å². The van der Waals surface area contributed by atoms with Gasteiger partial charge in [0.25, 0.3) is 5.91 Å². The van der Waals surface area contributed by atoms with E-state index in [9.17, 15) is 13.2 Å². The lowest BCUT2D eigenvalue weighted by molar-refractivity contribution is 0.0950. The molecule has 3 N–H and O–H groups in total. The van der Waals surface area contributed by atoms with Crippen molar-refractivity contribution in [2.75, 3.05) is 11.6 Å². The van der Waals surface area contributed by atoms with Crippen LogP contribution in [0.1, 0.15) is 17.3 Å². The van der Waals surface area contributed by atoms with Gasteiger partial charge >= 0.3 is 0 Å². The SMILES string of the molecule is CC#CCN(NC(=O)c1ccc(Cl)c(S(N)(=O)=O)c1)c1ccccc1. The Hall–Kier alpha value is -2.53. The maximum Gasteiger partial charge on any atom is 0.269 e. The molecule has 6 nitrogen and oxygen atoms in total. The number of carbonyl (C=O) groups excluding carboxylic acids is 1. The fourth-order valence-electron chi connectivity index (χ4n) is 2.01. The lowest BCUT2D eigenvalue weighted by Gasteiger charge is -2.23. The number of sulfonamides is 1. The highest BCUT2D eigenvalue weighted by Gasteiger charge is 2.18. The average molecular weight is 378 g/mol. The van der Waals surface area contributed by atoms with Gasteiger partial charge in [-0.15, -0.1) is 5.92 Å². The van der Waals surface area contributed by atoms with Gasteiger partial charge in [0.2, 0.25) is 10.0 Å². The molecule has 1 amide bonds. The summed E-state index contributed by atoms with van der Waals surface area (Å²) < 4.78 is 23.1. The maximum absolute atomic E-state index is 12.5. The van der Waals surface area contributed by atoms with E-state index in [1.165, 1.54) is 12.1 Å². The van der Waals surface area contributed by atoms with E-state index in [4.69, 9.17) is 16.7 Å². The van der Waals surface area contributed by atoms with Crippen molar-refractivity contribution in [3.63, 3.8) is 0 Å². The number of rotatable bonds is 5. The first-order valence-corrected chi connectivity index (χ1v) is 9.11. The summed E-state index contributed by atoms with van der Waals surface area (Å²) >= 11 is 5.84. The Kier molecular flexibility index (Phi) is 6.04. The zero-order chi connectivity index (χ0) is 18.4. The van der Waals surface area contributed by atoms with Crippen LogP contribution in [0.3, 0.4) is 0 Å². The lowest BCUT2D eigenvalue weighted by Crippen LogP contribution is -2.42. The molecule has 2 rings (SSSR count). The van der Waals surface area contributed by atoms with Gasteiger partial charge in [-0.25, -0.2) is 13.6 Å². The first-order chi connectivity index (χ1) is 11.8. The minimum absolute atomic E-state index is 0.0455. The van der Waals surface area contributed by atoms with Crippen molar-refractivity contribution >= 4 is 33.2 Å². The molecule has 0 saturated heterocycles. The van der Waals surface area contributed by atoms with E-state index in [2.05, 4.69) is 17.3 Å². The molecule has 0 saturated carbocycles. The van der Waals surface area contributed by atoms with Gasteiger partial charge in [0.05, 0.1) is 10.7 Å². The molecule has 0 bridgehead atoms. The average Bonchev–Trinajstić information content (AvgIpc) is 2.58. The van der Waals surface area contributed by atoms with Crippen LogP contribution in [0.2, 0.25) is 5.02 Å². The number of primary sulfonamides is 1. The molecule has 0 aliphatic carbocycles. The quantitative estimate of drug-likeness (QED) is 0.617. The number of nitrogens with one attached hydrogen (secondary N) is 1. The number of nitrogens with zero attached hydrogens (tertiary/aromatic N) is 1. The third-order valence-electron chi connectivity index (χ3n) is 3.22. The lowest BCUT2D eigenvalue weighted by atomic mass is 10.2. The predicted molar refractivity (Wildman–Crippen MR) is 97.5 cm³/mol. The number of carbonyl (C=O) groups is 1. The normalized spacial score (nSPS) is 10.5. The van der Waals surface area contributed by atoms with E-state index in [1.54, 1.807) is 11.9 Å². The Bertz CT molecular complexity index is 935. The number of nitrogens with two attached hydrogens (primary N) is 1. The van der Waals surface area contributed by atoms with Crippen molar-refractivity contribution in [2.24, 2.45) is 5.14 Å². The third-order valence-corrected chi connectivity index (χ3v) is 4.61. The monoisotopic (exact) mass is 377 g/mol. The summed E-state index contributed by atoms with van der Waals surface area (Å²) in [5, 5.41) is 6.63. The summed E-state index contributed by atoms with van der Waals surface area (Å²) in [6.45, 7) is 1.96. The van der Waals surface area contributed by atoms with Gasteiger partial charge in [-0.2, -0.15) is 0 Å². The number of benzene rings is 2. The topological polar surface area (TPSA) is 92.5 Å². The number of hydrogen-bond acceptors (Lipinski definition) is 4. The summed E-state index contributed by atoms with van der Waals surface area (Å²) in [6.07, 6.45) is 0. The minimum Gasteiger partial charge on any atom is -0.273 e. The number of hydrogen-bond donors (Lipinski definition) is 2. The first kappa shape index (κ1) is 18.8. The molecule has 0 fully saturated rings. The molecule has 0 aliphatic rings. The standard InChI is InChI=1S/C17H16ClN3O3S/c1-2-3-11-21(14-7-5-4-6-8-14)20-17(22)13-9-10-15(18)16(12-13)25(19,23)24/h4-10,12H,11H2,1H3,(H,20,22)(H2,19,23,24). The largest absolute Gasteiger partial charge is 0.273 e. The second kappa shape index (κ2) is 8.03. The zero-order valence-corrected chi connectivity index (χ0v) is 14.9. The van der Waals surface area contributed by atoms with Crippen molar-refractivity contribution < 1.29 is 13.2 Å². The Morgan fingerprint density at radius 3 is 2.52 bits per heavy atom. The van der Waals surface area contributed by atoms with Crippen LogP contribution in [-0.2, 0) is 10.0 Å². The van der Waals surface area contributed by atoms with E-state index < -0.39 is 15.9 Å². The van der Waals surface area contributed by atoms with Crippen LogP contribution in [0.25, 0.3) is 0 Å². The van der Waals surface area contributed by atoms with Gasteiger partial charge in [-0.1, -0.05) is 35.7 Å². The number of anilines is 1. The molecule has 130 valence electrons. The molecule has 25 heavy (non-hydrogen) atoms. The molecule has 0 aromatic heterocycles. The Morgan fingerprint density at radius 1 is 1.24 bits per heavy atom. The van der Waals surface area contributed by atoms with E-state index >= 15 is 0 Å². The van der Waals surface area contributed by atoms with E-state index in [0.29, 0.717) is 0 Å². The van der Waals surface area contributed by atoms with Crippen LogP contribution < -0.4 is 15.6 Å². The van der Waals surface area contributed by atoms with Crippen LogP contribution in [0.4, 0.5) is 5.69 Å². The highest BCUT2D eigenvalue weighted by molar-refractivity contribution is 7.89. The molecule has 0 heterocycles. The molecule has 0 radical (unpaired) electrons. The summed E-state index contributed by atoms with van der Waals surface area (Å²) in [7, 11) is -4.03. The van der Waals surface area contributed by atoms with Crippen LogP contribution in [0.5, 0.6) is 0 Å². The van der Waals surface area contributed by atoms with Crippen LogP contribution in [0, 0.1) is 11.8 Å². The zero-order valence-electron chi connectivity index (χ0n) is 13.4. The Labute approximate surface area is 151 Å². The van der Waals surface area contributed by atoms with Crippen LogP contribution in [0.15, 0.2) is 53.4 Å². The number of hydrazine groups is 1. The predicted octanol–water partition coefficient (Wildman–Crippen LogP) is 2.16. The van der Waals surface area contributed by atoms with Crippen molar-refractivity contribution in [2.45, 2.75) is 11.8 Å². The summed E-state index contributed by atoms with van der Waals surface area (Å²) in [5.41, 5.74) is 3.54. The summed E-state index contributed by atoms with van der Waals surface area (Å²) in [6, 6.07) is 13.0. The van der Waals surface area contributed by atoms with E-state index in [1.807, 2.05) is 30.3 Å². The van der Waals surface area contributed by atoms with Gasteiger partial charge in [0, 0.05) is 5.56 Å². The molecule has 2 aromatic rings. The van der Waals surface area contributed by atoms with Crippen LogP contribution >= 0.6 is 11.6 Å². The van der Waals surface area contributed by atoms with Crippen LogP contribution in [-0.4, -0.2) is 20.9 Å². The van der Waals surface area contributed by atoms with E-state index in [0.717, 1.165) is 11.8 Å².